The van der Waals surface area contributed by atoms with Gasteiger partial charge in [0, 0.05) is 17.2 Å². The highest BCUT2D eigenvalue weighted by atomic mass is 16.5. The molecule has 1 unspecified atom stereocenters. The topological polar surface area (TPSA) is 88.1 Å². The summed E-state index contributed by atoms with van der Waals surface area (Å²) < 4.78 is 20.4. The first-order chi connectivity index (χ1) is 13.5. The molecule has 0 amide bonds. The van der Waals surface area contributed by atoms with Crippen molar-refractivity contribution in [1.82, 2.24) is 0 Å². The van der Waals surface area contributed by atoms with Crippen molar-refractivity contribution in [2.75, 3.05) is 21.3 Å². The molecule has 148 valence electrons. The van der Waals surface area contributed by atoms with Gasteiger partial charge in [-0.1, -0.05) is 30.3 Å². The van der Waals surface area contributed by atoms with Gasteiger partial charge in [-0.25, -0.2) is 0 Å². The molecule has 1 atom stereocenters. The minimum absolute atomic E-state index is 0.136. The van der Waals surface area contributed by atoms with E-state index in [-0.39, 0.29) is 12.8 Å². The highest BCUT2D eigenvalue weighted by molar-refractivity contribution is 6.01. The number of carbonyl (C=O) groups excluding carboxylic acids is 3. The summed E-state index contributed by atoms with van der Waals surface area (Å²) in [6.07, 6.45) is -1.55. The quantitative estimate of drug-likeness (QED) is 0.483. The fourth-order valence-electron chi connectivity index (χ4n) is 2.50. The fourth-order valence-corrected chi connectivity index (χ4v) is 2.50. The van der Waals surface area contributed by atoms with Crippen LogP contribution >= 0.6 is 0 Å². The average Bonchev–Trinajstić information content (AvgIpc) is 2.75. The van der Waals surface area contributed by atoms with E-state index in [0.717, 1.165) is 0 Å². The highest BCUT2D eigenvalue weighted by Crippen LogP contribution is 2.30. The Morgan fingerprint density at radius 2 is 1.39 bits per heavy atom. The lowest BCUT2D eigenvalue weighted by Crippen LogP contribution is -2.21. The van der Waals surface area contributed by atoms with Crippen molar-refractivity contribution in [3.05, 3.63) is 59.7 Å². The summed E-state index contributed by atoms with van der Waals surface area (Å²) in [4.78, 5) is 36.5. The number of Topliss-reactive ketones (excluding diaryl/α,β-unsaturated/α-hetero) is 1. The van der Waals surface area contributed by atoms with Gasteiger partial charge < -0.3 is 18.9 Å². The predicted octanol–water partition coefficient (Wildman–Crippen LogP) is 3.12. The Morgan fingerprint density at radius 1 is 0.821 bits per heavy atom. The van der Waals surface area contributed by atoms with E-state index >= 15 is 0 Å². The molecule has 0 aliphatic heterocycles. The van der Waals surface area contributed by atoms with E-state index in [1.165, 1.54) is 21.3 Å². The molecule has 0 spiro atoms. The molecule has 7 nitrogen and oxygen atoms in total. The molecule has 0 fully saturated rings. The zero-order valence-electron chi connectivity index (χ0n) is 16.0. The first kappa shape index (κ1) is 21.0. The number of rotatable bonds is 9. The predicted molar refractivity (Wildman–Crippen MR) is 100 cm³/mol. The molecule has 28 heavy (non-hydrogen) atoms. The van der Waals surface area contributed by atoms with Crippen LogP contribution in [0.2, 0.25) is 0 Å². The fraction of sp³-hybridized carbons (Fsp3) is 0.286. The van der Waals surface area contributed by atoms with E-state index in [0.29, 0.717) is 22.6 Å². The Labute approximate surface area is 163 Å². The van der Waals surface area contributed by atoms with Crippen molar-refractivity contribution in [1.29, 1.82) is 0 Å². The lowest BCUT2D eigenvalue weighted by molar-refractivity contribution is -0.151. The summed E-state index contributed by atoms with van der Waals surface area (Å²) in [7, 11) is 4.20. The van der Waals surface area contributed by atoms with Crippen LogP contribution in [0.5, 0.6) is 11.5 Å². The second-order valence-electron chi connectivity index (χ2n) is 5.82. The molecule has 0 heterocycles. The maximum absolute atomic E-state index is 13.0. The second-order valence-corrected chi connectivity index (χ2v) is 5.82. The summed E-state index contributed by atoms with van der Waals surface area (Å²) in [5.74, 6) is -0.730. The summed E-state index contributed by atoms with van der Waals surface area (Å²) in [5, 5.41) is 0. The molecular formula is C21H22O7. The number of hydrogen-bond acceptors (Lipinski definition) is 7. The normalized spacial score (nSPS) is 11.2. The third-order valence-electron chi connectivity index (χ3n) is 3.98. The van der Waals surface area contributed by atoms with Crippen molar-refractivity contribution >= 4 is 17.7 Å². The van der Waals surface area contributed by atoms with Gasteiger partial charge in [-0.05, 0) is 12.1 Å². The Kier molecular flexibility index (Phi) is 7.56. The molecular weight excluding hydrogens is 364 g/mol. The maximum atomic E-state index is 13.0. The lowest BCUT2D eigenvalue weighted by atomic mass is 9.99. The van der Waals surface area contributed by atoms with Crippen LogP contribution in [0, 0.1) is 0 Å². The van der Waals surface area contributed by atoms with Gasteiger partial charge in [0.1, 0.15) is 11.5 Å². The Hall–Kier alpha value is -3.35. The number of methoxy groups -OCH3 is 3. The Morgan fingerprint density at radius 3 is 1.93 bits per heavy atom. The zero-order chi connectivity index (χ0) is 20.5. The van der Waals surface area contributed by atoms with Gasteiger partial charge in [0.25, 0.3) is 0 Å². The number of esters is 2. The van der Waals surface area contributed by atoms with Gasteiger partial charge in [0.2, 0.25) is 5.78 Å². The van der Waals surface area contributed by atoms with Gasteiger partial charge in [-0.3, -0.25) is 14.4 Å². The van der Waals surface area contributed by atoms with Crippen LogP contribution < -0.4 is 9.47 Å². The molecule has 0 N–H and O–H groups in total. The van der Waals surface area contributed by atoms with Crippen molar-refractivity contribution in [2.24, 2.45) is 0 Å². The number of ketones is 1. The summed E-state index contributed by atoms with van der Waals surface area (Å²) in [5.41, 5.74) is 0.784. The average molecular weight is 386 g/mol. The third kappa shape index (κ3) is 5.57. The number of ether oxygens (including phenoxy) is 4. The molecule has 0 saturated carbocycles. The van der Waals surface area contributed by atoms with Crippen LogP contribution in [0.4, 0.5) is 0 Å². The molecule has 7 heteroatoms. The second kappa shape index (κ2) is 10.1. The molecule has 0 aliphatic carbocycles. The molecule has 0 bridgehead atoms. The van der Waals surface area contributed by atoms with Crippen LogP contribution in [0.15, 0.2) is 48.5 Å². The van der Waals surface area contributed by atoms with E-state index in [1.54, 1.807) is 48.5 Å². The number of carbonyl (C=O) groups is 3. The minimum Gasteiger partial charge on any atom is -0.497 e. The van der Waals surface area contributed by atoms with Gasteiger partial charge in [-0.2, -0.15) is 0 Å². The molecule has 0 aromatic heterocycles. The van der Waals surface area contributed by atoms with E-state index in [1.807, 2.05) is 0 Å². The van der Waals surface area contributed by atoms with Crippen LogP contribution in [0.25, 0.3) is 0 Å². The summed E-state index contributed by atoms with van der Waals surface area (Å²) >= 11 is 0. The Bertz CT molecular complexity index is 808. The first-order valence-corrected chi connectivity index (χ1v) is 8.57. The molecule has 2 aromatic rings. The van der Waals surface area contributed by atoms with Crippen molar-refractivity contribution in [3.8, 4) is 11.5 Å². The summed E-state index contributed by atoms with van der Waals surface area (Å²) in [6.45, 7) is 0. The van der Waals surface area contributed by atoms with E-state index in [4.69, 9.17) is 14.2 Å². The summed E-state index contributed by atoms with van der Waals surface area (Å²) in [6, 6.07) is 13.3. The molecule has 0 radical (unpaired) electrons. The van der Waals surface area contributed by atoms with Crippen LogP contribution in [-0.2, 0) is 19.1 Å². The van der Waals surface area contributed by atoms with E-state index in [2.05, 4.69) is 4.74 Å². The molecule has 2 rings (SSSR count). The SMILES string of the molecule is COC(=O)CCC(=O)OC(C(=O)c1ccccc1)c1cc(OC)cc(OC)c1. The van der Waals surface area contributed by atoms with Gasteiger partial charge in [0.05, 0.1) is 34.2 Å². The standard InChI is InChI=1S/C21H22O7/c1-25-16-11-15(12-17(13-16)26-2)21(20(24)14-7-5-4-6-8-14)28-19(23)10-9-18(22)27-3/h4-8,11-13,21H,9-10H2,1-3H3. The van der Waals surface area contributed by atoms with E-state index < -0.39 is 23.8 Å². The van der Waals surface area contributed by atoms with Gasteiger partial charge >= 0.3 is 11.9 Å². The van der Waals surface area contributed by atoms with Crippen molar-refractivity contribution in [2.45, 2.75) is 18.9 Å². The molecule has 0 saturated heterocycles. The van der Waals surface area contributed by atoms with Gasteiger partial charge in [-0.15, -0.1) is 0 Å². The van der Waals surface area contributed by atoms with Crippen LogP contribution in [-0.4, -0.2) is 39.1 Å². The van der Waals surface area contributed by atoms with Gasteiger partial charge in [0.15, 0.2) is 6.10 Å². The first-order valence-electron chi connectivity index (χ1n) is 8.57. The van der Waals surface area contributed by atoms with Crippen LogP contribution in [0.1, 0.15) is 34.9 Å². The largest absolute Gasteiger partial charge is 0.497 e. The maximum Gasteiger partial charge on any atom is 0.307 e. The van der Waals surface area contributed by atoms with Crippen molar-refractivity contribution in [3.63, 3.8) is 0 Å². The monoisotopic (exact) mass is 386 g/mol. The van der Waals surface area contributed by atoms with Crippen LogP contribution in [0.3, 0.4) is 0 Å². The number of benzene rings is 2. The minimum atomic E-state index is -1.21. The molecule has 0 aliphatic rings. The lowest BCUT2D eigenvalue weighted by Gasteiger charge is -2.19. The third-order valence-corrected chi connectivity index (χ3v) is 3.98. The number of hydrogen-bond donors (Lipinski definition) is 0. The van der Waals surface area contributed by atoms with Crippen molar-refractivity contribution < 1.29 is 33.3 Å². The Balaban J connectivity index is 2.35. The zero-order valence-corrected chi connectivity index (χ0v) is 16.0. The molecule has 2 aromatic carbocycles. The van der Waals surface area contributed by atoms with E-state index in [9.17, 15) is 14.4 Å². The smallest absolute Gasteiger partial charge is 0.307 e. The highest BCUT2D eigenvalue weighted by Gasteiger charge is 2.27.